The van der Waals surface area contributed by atoms with Gasteiger partial charge in [-0.2, -0.15) is 0 Å². The number of ether oxygens (including phenoxy) is 11. The Balaban J connectivity index is 1.24. The van der Waals surface area contributed by atoms with Crippen molar-refractivity contribution in [2.75, 3.05) is 33.0 Å². The summed E-state index contributed by atoms with van der Waals surface area (Å²) in [7, 11) is 0. The van der Waals surface area contributed by atoms with E-state index in [4.69, 9.17) is 52.1 Å². The fraction of sp³-hybridized carbons (Fsp3) is 0.950. The second-order valence-electron chi connectivity index (χ2n) is 18.3. The SMILES string of the molecule is CC(=O)N[C@@H]1[C@@H](O)[C@H](O[C@@H]2O[C@H](C)[C@@H](O[C@@H]3O[C@H](CO[C@H]4O[C@H](CO)[C@@H](O)[C@H](O[C@H]5O[C@H](CO)[C@@H](O)[C@H](O)[C@@H]5O)[C@@H]4O)[C@@H](O)[C@H](O[C@H]4O[C@H](CO)[C@@H](O)[C@H](O)[C@@H]4O)[C@@H]3O)[C@H](O)[C@H]2NC(C)=O)[C@@H](CO)O[C@H]1O. The Labute approximate surface area is 408 Å². The van der Waals surface area contributed by atoms with Crippen molar-refractivity contribution < 1.29 is 149 Å². The van der Waals surface area contributed by atoms with E-state index in [1.165, 1.54) is 6.92 Å². The molecule has 0 spiro atoms. The van der Waals surface area contributed by atoms with Crippen molar-refractivity contribution in [1.29, 1.82) is 0 Å². The first-order valence-corrected chi connectivity index (χ1v) is 23.0. The molecule has 6 aliphatic rings. The Morgan fingerprint density at radius 1 is 0.389 bits per heavy atom. The topological polar surface area (TPSA) is 504 Å². The predicted molar refractivity (Wildman–Crippen MR) is 221 cm³/mol. The van der Waals surface area contributed by atoms with Crippen LogP contribution in [0.3, 0.4) is 0 Å². The maximum absolute atomic E-state index is 12.5. The molecule has 6 saturated heterocycles. The van der Waals surface area contributed by atoms with Crippen LogP contribution < -0.4 is 10.6 Å². The molecule has 72 heavy (non-hydrogen) atoms. The summed E-state index contributed by atoms with van der Waals surface area (Å²) in [5, 5.41) is 186. The molecule has 0 unspecified atom stereocenters. The minimum atomic E-state index is -2.19. The fourth-order valence-electron chi connectivity index (χ4n) is 9.19. The Bertz CT molecular complexity index is 1730. The molecule has 32 heteroatoms. The van der Waals surface area contributed by atoms with E-state index in [1.54, 1.807) is 0 Å². The second kappa shape index (κ2) is 25.3. The van der Waals surface area contributed by atoms with E-state index in [-0.39, 0.29) is 0 Å². The lowest BCUT2D eigenvalue weighted by Crippen LogP contribution is -2.70. The fourth-order valence-corrected chi connectivity index (χ4v) is 9.19. The first-order chi connectivity index (χ1) is 34.0. The van der Waals surface area contributed by atoms with Crippen molar-refractivity contribution >= 4 is 11.8 Å². The third-order valence-corrected chi connectivity index (χ3v) is 13.2. The highest BCUT2D eigenvalue weighted by molar-refractivity contribution is 5.73. The van der Waals surface area contributed by atoms with Gasteiger partial charge in [-0.15, -0.1) is 0 Å². The van der Waals surface area contributed by atoms with Crippen LogP contribution in [-0.4, -0.2) is 316 Å². The third kappa shape index (κ3) is 12.6. The summed E-state index contributed by atoms with van der Waals surface area (Å²) in [6, 6.07) is -3.13. The maximum atomic E-state index is 12.5. The van der Waals surface area contributed by atoms with Crippen LogP contribution in [0.2, 0.25) is 0 Å². The number of aliphatic hydroxyl groups is 17. The van der Waals surface area contributed by atoms with Gasteiger partial charge in [0, 0.05) is 13.8 Å². The van der Waals surface area contributed by atoms with Crippen LogP contribution in [0.15, 0.2) is 0 Å². The summed E-state index contributed by atoms with van der Waals surface area (Å²) in [5.74, 6) is -1.46. The van der Waals surface area contributed by atoms with Gasteiger partial charge in [0.1, 0.15) is 140 Å². The van der Waals surface area contributed by atoms with Gasteiger partial charge in [-0.3, -0.25) is 9.59 Å². The van der Waals surface area contributed by atoms with Gasteiger partial charge in [0.25, 0.3) is 0 Å². The minimum Gasteiger partial charge on any atom is -0.394 e. The quantitative estimate of drug-likeness (QED) is 0.0643. The molecule has 6 aliphatic heterocycles. The largest absolute Gasteiger partial charge is 0.394 e. The number of hydrogen-bond donors (Lipinski definition) is 19. The molecule has 0 aromatic heterocycles. The van der Waals surface area contributed by atoms with Crippen LogP contribution in [-0.2, 0) is 61.7 Å². The minimum absolute atomic E-state index is 0.685. The summed E-state index contributed by atoms with van der Waals surface area (Å²) in [6.45, 7) is -1.03. The number of carbonyl (C=O) groups is 2. The average Bonchev–Trinajstić information content (AvgIpc) is 3.34. The Morgan fingerprint density at radius 2 is 0.778 bits per heavy atom. The van der Waals surface area contributed by atoms with E-state index in [0.29, 0.717) is 0 Å². The summed E-state index contributed by atoms with van der Waals surface area (Å²) in [6.07, 6.45) is -51.6. The van der Waals surface area contributed by atoms with Crippen LogP contribution in [0.5, 0.6) is 0 Å². The van der Waals surface area contributed by atoms with E-state index in [9.17, 15) is 96.4 Å². The van der Waals surface area contributed by atoms with Gasteiger partial charge in [-0.25, -0.2) is 0 Å². The number of aliphatic hydroxyl groups excluding tert-OH is 17. The van der Waals surface area contributed by atoms with Gasteiger partial charge >= 0.3 is 0 Å². The second-order valence-corrected chi connectivity index (χ2v) is 18.3. The molecule has 0 aromatic carbocycles. The molecule has 2 amide bonds. The summed E-state index contributed by atoms with van der Waals surface area (Å²) in [4.78, 5) is 24.4. The number of amides is 2. The molecule has 30 atom stereocenters. The highest BCUT2D eigenvalue weighted by atomic mass is 16.8. The molecule has 0 saturated carbocycles. The molecule has 6 rings (SSSR count). The zero-order valence-corrected chi connectivity index (χ0v) is 38.8. The first kappa shape index (κ1) is 59.1. The Hall–Kier alpha value is -2.18. The number of nitrogens with one attached hydrogen (secondary N) is 2. The van der Waals surface area contributed by atoms with E-state index >= 15 is 0 Å². The molecule has 19 N–H and O–H groups in total. The van der Waals surface area contributed by atoms with Gasteiger partial charge in [0.15, 0.2) is 37.7 Å². The summed E-state index contributed by atoms with van der Waals surface area (Å²) in [5.41, 5.74) is 0. The van der Waals surface area contributed by atoms with Crippen LogP contribution >= 0.6 is 0 Å². The van der Waals surface area contributed by atoms with Crippen LogP contribution in [0.25, 0.3) is 0 Å². The standard InChI is InChI=1S/C40H68N2O30/c1-9-31(24(54)18(42-11(3)48)36(63-9)70-32-15(7-46)64-35(61)17(23(32)53)41-10(2)47)69-40-30(60)34(72-39-28(58)26(56)20(50)13(5-44)67-39)22(52)16(68-40)8-62-37-29(59)33(21(51)14(6-45)65-37)71-38-27(57)25(55)19(49)12(4-43)66-38/h9,12-40,43-46,49-61H,4-8H2,1-3H3,(H,41,47)(H,42,48)/t9-,12-,13-,14-,15-,16-,17-,18-,19-,20-,21-,22-,23-,24-,25+,26+,27+,28+,29+,30+,31-,32-,33+,34+,35-,36+,37+,38-,39-,40+/m1/s1. The Morgan fingerprint density at radius 3 is 1.28 bits per heavy atom. The van der Waals surface area contributed by atoms with Crippen LogP contribution in [0.1, 0.15) is 20.8 Å². The molecule has 418 valence electrons. The predicted octanol–water partition coefficient (Wildman–Crippen LogP) is -12.8. The van der Waals surface area contributed by atoms with Crippen molar-refractivity contribution in [2.45, 2.75) is 205 Å². The smallest absolute Gasteiger partial charge is 0.217 e. The van der Waals surface area contributed by atoms with Crippen molar-refractivity contribution in [3.05, 3.63) is 0 Å². The molecular weight excluding hydrogens is 988 g/mol. The molecule has 0 radical (unpaired) electrons. The molecule has 0 aliphatic carbocycles. The van der Waals surface area contributed by atoms with E-state index in [2.05, 4.69) is 10.6 Å². The van der Waals surface area contributed by atoms with Crippen molar-refractivity contribution in [2.24, 2.45) is 0 Å². The molecular formula is C40H68N2O30. The van der Waals surface area contributed by atoms with Crippen molar-refractivity contribution in [3.8, 4) is 0 Å². The van der Waals surface area contributed by atoms with Crippen molar-refractivity contribution in [3.63, 3.8) is 0 Å². The highest BCUT2D eigenvalue weighted by Crippen LogP contribution is 2.36. The highest BCUT2D eigenvalue weighted by Gasteiger charge is 2.57. The van der Waals surface area contributed by atoms with Gasteiger partial charge in [-0.1, -0.05) is 0 Å². The lowest BCUT2D eigenvalue weighted by Gasteiger charge is -2.50. The van der Waals surface area contributed by atoms with Crippen molar-refractivity contribution in [1.82, 2.24) is 10.6 Å². The zero-order chi connectivity index (χ0) is 53.2. The average molecular weight is 1060 g/mol. The number of carbonyl (C=O) groups excluding carboxylic acids is 2. The third-order valence-electron chi connectivity index (χ3n) is 13.2. The molecule has 6 heterocycles. The van der Waals surface area contributed by atoms with Gasteiger partial charge < -0.3 is 150 Å². The van der Waals surface area contributed by atoms with Crippen LogP contribution in [0, 0.1) is 0 Å². The lowest BCUT2D eigenvalue weighted by atomic mass is 9.94. The first-order valence-electron chi connectivity index (χ1n) is 23.0. The molecule has 0 bridgehead atoms. The summed E-state index contributed by atoms with van der Waals surface area (Å²) >= 11 is 0. The lowest BCUT2D eigenvalue weighted by molar-refractivity contribution is -0.385. The monoisotopic (exact) mass is 1060 g/mol. The Kier molecular flexibility index (Phi) is 20.8. The van der Waals surface area contributed by atoms with Gasteiger partial charge in [0.05, 0.1) is 39.1 Å². The molecule has 0 aromatic rings. The summed E-state index contributed by atoms with van der Waals surface area (Å²) < 4.78 is 62.8. The normalized spacial score (nSPS) is 50.3. The van der Waals surface area contributed by atoms with Gasteiger partial charge in [-0.05, 0) is 6.92 Å². The van der Waals surface area contributed by atoms with Gasteiger partial charge in [0.2, 0.25) is 11.8 Å². The van der Waals surface area contributed by atoms with E-state index in [1.807, 2.05) is 0 Å². The maximum Gasteiger partial charge on any atom is 0.217 e. The molecule has 32 nitrogen and oxygen atoms in total. The van der Waals surface area contributed by atoms with E-state index < -0.39 is 229 Å². The number of hydrogen-bond acceptors (Lipinski definition) is 30. The van der Waals surface area contributed by atoms with E-state index in [0.717, 1.165) is 13.8 Å². The molecule has 6 fully saturated rings. The number of rotatable bonds is 17. The zero-order valence-electron chi connectivity index (χ0n) is 38.8. The van der Waals surface area contributed by atoms with Crippen LogP contribution in [0.4, 0.5) is 0 Å².